The number of nitrogen functional groups attached to an aromatic ring is 1. The topological polar surface area (TPSA) is 81.3 Å². The molecule has 106 valence electrons. The Hall–Kier alpha value is -1.82. The van der Waals surface area contributed by atoms with Crippen LogP contribution in [-0.2, 0) is 6.42 Å². The predicted octanol–water partition coefficient (Wildman–Crippen LogP) is 3.07. The number of phenols is 1. The third kappa shape index (κ3) is 2.56. The predicted molar refractivity (Wildman–Crippen MR) is 81.9 cm³/mol. The first kappa shape index (κ1) is 14.6. The minimum Gasteiger partial charge on any atom is -0.503 e. The first-order chi connectivity index (χ1) is 9.47. The lowest BCUT2D eigenvalue weighted by Crippen LogP contribution is -2.04. The molecule has 1 aromatic carbocycles. The van der Waals surface area contributed by atoms with E-state index in [0.717, 1.165) is 23.2 Å². The summed E-state index contributed by atoms with van der Waals surface area (Å²) in [5, 5.41) is 9.82. The molecule has 1 heterocycles. The van der Waals surface area contributed by atoms with Crippen molar-refractivity contribution >= 4 is 21.7 Å². The van der Waals surface area contributed by atoms with Crippen molar-refractivity contribution in [2.45, 2.75) is 20.3 Å². The number of anilines is 1. The smallest absolute Gasteiger partial charge is 0.172 e. The fraction of sp³-hybridized carbons (Fsp3) is 0.286. The average molecular weight is 338 g/mol. The molecule has 6 heteroatoms. The summed E-state index contributed by atoms with van der Waals surface area (Å²) in [6, 6.07) is 3.41. The molecule has 0 aliphatic carbocycles. The van der Waals surface area contributed by atoms with Crippen LogP contribution >= 0.6 is 15.9 Å². The fourth-order valence-electron chi connectivity index (χ4n) is 2.04. The number of nitrogens with two attached hydrogens (primary N) is 1. The maximum atomic E-state index is 9.82. The zero-order valence-electron chi connectivity index (χ0n) is 11.6. The molecule has 0 bridgehead atoms. The van der Waals surface area contributed by atoms with Crippen molar-refractivity contribution in [3.8, 4) is 22.9 Å². The van der Waals surface area contributed by atoms with Crippen LogP contribution in [0.1, 0.15) is 18.2 Å². The molecule has 0 saturated heterocycles. The minimum absolute atomic E-state index is 0.0473. The largest absolute Gasteiger partial charge is 0.503 e. The highest BCUT2D eigenvalue weighted by atomic mass is 79.9. The molecular formula is C14H16BrN3O2. The number of methoxy groups -OCH3 is 1. The van der Waals surface area contributed by atoms with Crippen molar-refractivity contribution in [3.63, 3.8) is 0 Å². The number of aryl methyl sites for hydroxylation is 1. The van der Waals surface area contributed by atoms with E-state index >= 15 is 0 Å². The summed E-state index contributed by atoms with van der Waals surface area (Å²) in [6.07, 6.45) is 0.792. The first-order valence-corrected chi connectivity index (χ1v) is 6.97. The third-order valence-corrected chi connectivity index (χ3v) is 3.71. The molecule has 2 aromatic rings. The molecule has 0 atom stereocenters. The standard InChI is InChI=1S/C14H16BrN3O2/c1-4-9-7(2)17-14(18-13(9)16)8-5-10(15)12(19)11(6-8)20-3/h5-6,19H,4H2,1-3H3,(H2,16,17,18). The van der Waals surface area contributed by atoms with Crippen molar-refractivity contribution in [1.29, 1.82) is 0 Å². The van der Waals surface area contributed by atoms with E-state index in [1.54, 1.807) is 12.1 Å². The molecule has 2 rings (SSSR count). The van der Waals surface area contributed by atoms with Crippen LogP contribution in [-0.4, -0.2) is 22.2 Å². The van der Waals surface area contributed by atoms with Gasteiger partial charge in [-0.1, -0.05) is 6.92 Å². The molecule has 0 aliphatic heterocycles. The summed E-state index contributed by atoms with van der Waals surface area (Å²) >= 11 is 3.28. The van der Waals surface area contributed by atoms with Gasteiger partial charge in [-0.05, 0) is 41.4 Å². The van der Waals surface area contributed by atoms with E-state index in [1.165, 1.54) is 7.11 Å². The van der Waals surface area contributed by atoms with Gasteiger partial charge in [-0.25, -0.2) is 9.97 Å². The van der Waals surface area contributed by atoms with Crippen molar-refractivity contribution < 1.29 is 9.84 Å². The van der Waals surface area contributed by atoms with E-state index in [9.17, 15) is 5.11 Å². The van der Waals surface area contributed by atoms with Crippen molar-refractivity contribution in [2.24, 2.45) is 0 Å². The van der Waals surface area contributed by atoms with E-state index < -0.39 is 0 Å². The number of nitrogens with zero attached hydrogens (tertiary/aromatic N) is 2. The molecule has 0 radical (unpaired) electrons. The van der Waals surface area contributed by atoms with Crippen LogP contribution < -0.4 is 10.5 Å². The average Bonchev–Trinajstić information content (AvgIpc) is 2.41. The second-order valence-corrected chi connectivity index (χ2v) is 5.21. The molecule has 1 aromatic heterocycles. The van der Waals surface area contributed by atoms with E-state index in [0.29, 0.717) is 21.9 Å². The Kier molecular flexibility index (Phi) is 4.13. The molecule has 0 unspecified atom stereocenters. The zero-order chi connectivity index (χ0) is 14.9. The normalized spacial score (nSPS) is 10.6. The highest BCUT2D eigenvalue weighted by Crippen LogP contribution is 2.38. The summed E-state index contributed by atoms with van der Waals surface area (Å²) in [6.45, 7) is 3.93. The van der Waals surface area contributed by atoms with Gasteiger partial charge in [0.25, 0.3) is 0 Å². The Morgan fingerprint density at radius 2 is 2.05 bits per heavy atom. The van der Waals surface area contributed by atoms with Crippen LogP contribution in [0.15, 0.2) is 16.6 Å². The van der Waals surface area contributed by atoms with E-state index in [4.69, 9.17) is 10.5 Å². The lowest BCUT2D eigenvalue weighted by atomic mass is 10.1. The Morgan fingerprint density at radius 1 is 1.35 bits per heavy atom. The number of rotatable bonds is 3. The quantitative estimate of drug-likeness (QED) is 0.899. The monoisotopic (exact) mass is 337 g/mol. The van der Waals surface area contributed by atoms with Gasteiger partial charge in [0, 0.05) is 16.8 Å². The van der Waals surface area contributed by atoms with Crippen LogP contribution in [0.3, 0.4) is 0 Å². The second kappa shape index (κ2) is 5.66. The maximum absolute atomic E-state index is 9.82. The van der Waals surface area contributed by atoms with Crippen LogP contribution in [0.5, 0.6) is 11.5 Å². The van der Waals surface area contributed by atoms with Gasteiger partial charge in [-0.15, -0.1) is 0 Å². The Bertz CT molecular complexity index is 636. The lowest BCUT2D eigenvalue weighted by molar-refractivity contribution is 0.372. The Morgan fingerprint density at radius 3 is 2.60 bits per heavy atom. The molecule has 0 saturated carbocycles. The van der Waals surface area contributed by atoms with E-state index in [-0.39, 0.29) is 5.75 Å². The number of aromatic hydroxyl groups is 1. The number of benzene rings is 1. The van der Waals surface area contributed by atoms with Crippen LogP contribution in [0.2, 0.25) is 0 Å². The third-order valence-electron chi connectivity index (χ3n) is 3.11. The summed E-state index contributed by atoms with van der Waals surface area (Å²) < 4.78 is 5.65. The van der Waals surface area contributed by atoms with Gasteiger partial charge in [-0.2, -0.15) is 0 Å². The van der Waals surface area contributed by atoms with Crippen LogP contribution in [0.4, 0.5) is 5.82 Å². The number of ether oxygens (including phenoxy) is 1. The van der Waals surface area contributed by atoms with Gasteiger partial charge in [0.05, 0.1) is 11.6 Å². The summed E-state index contributed by atoms with van der Waals surface area (Å²) in [5.41, 5.74) is 8.51. The van der Waals surface area contributed by atoms with Gasteiger partial charge in [-0.3, -0.25) is 0 Å². The van der Waals surface area contributed by atoms with E-state index in [1.807, 2.05) is 13.8 Å². The van der Waals surface area contributed by atoms with Crippen LogP contribution in [0, 0.1) is 6.92 Å². The first-order valence-electron chi connectivity index (χ1n) is 6.17. The second-order valence-electron chi connectivity index (χ2n) is 4.36. The molecule has 0 spiro atoms. The van der Waals surface area contributed by atoms with Gasteiger partial charge < -0.3 is 15.6 Å². The molecule has 0 fully saturated rings. The summed E-state index contributed by atoms with van der Waals surface area (Å²) in [7, 11) is 1.49. The van der Waals surface area contributed by atoms with Crippen LogP contribution in [0.25, 0.3) is 11.4 Å². The maximum Gasteiger partial charge on any atom is 0.172 e. The lowest BCUT2D eigenvalue weighted by Gasteiger charge is -2.11. The Labute approximate surface area is 126 Å². The molecule has 3 N–H and O–H groups in total. The van der Waals surface area contributed by atoms with Gasteiger partial charge in [0.1, 0.15) is 5.82 Å². The Balaban J connectivity index is 2.60. The van der Waals surface area contributed by atoms with Gasteiger partial charge in [0.2, 0.25) is 0 Å². The highest BCUT2D eigenvalue weighted by molar-refractivity contribution is 9.10. The number of hydrogen-bond donors (Lipinski definition) is 2. The van der Waals surface area contributed by atoms with Crippen molar-refractivity contribution in [1.82, 2.24) is 9.97 Å². The molecular weight excluding hydrogens is 322 g/mol. The number of hydrogen-bond acceptors (Lipinski definition) is 5. The van der Waals surface area contributed by atoms with Crippen molar-refractivity contribution in [2.75, 3.05) is 12.8 Å². The van der Waals surface area contributed by atoms with Gasteiger partial charge in [0.15, 0.2) is 17.3 Å². The number of phenolic OH excluding ortho intramolecular Hbond substituents is 1. The minimum atomic E-state index is 0.0473. The molecule has 5 nitrogen and oxygen atoms in total. The van der Waals surface area contributed by atoms with E-state index in [2.05, 4.69) is 25.9 Å². The SMILES string of the molecule is CCc1c(C)nc(-c2cc(Br)c(O)c(OC)c2)nc1N. The summed E-state index contributed by atoms with van der Waals surface area (Å²) in [4.78, 5) is 8.80. The number of halogens is 1. The summed E-state index contributed by atoms with van der Waals surface area (Å²) in [5.74, 6) is 1.40. The zero-order valence-corrected chi connectivity index (χ0v) is 13.2. The fourth-order valence-corrected chi connectivity index (χ4v) is 2.48. The molecule has 0 aliphatic rings. The molecule has 20 heavy (non-hydrogen) atoms. The van der Waals surface area contributed by atoms with Crippen molar-refractivity contribution in [3.05, 3.63) is 27.9 Å². The number of aromatic nitrogens is 2. The molecule has 0 amide bonds. The highest BCUT2D eigenvalue weighted by Gasteiger charge is 2.14. The van der Waals surface area contributed by atoms with Gasteiger partial charge >= 0.3 is 0 Å².